The van der Waals surface area contributed by atoms with E-state index in [2.05, 4.69) is 10.2 Å². The molecular formula is C19H28FN3O3. The van der Waals surface area contributed by atoms with Crippen molar-refractivity contribution >= 4 is 5.91 Å². The molecule has 1 unspecified atom stereocenters. The summed E-state index contributed by atoms with van der Waals surface area (Å²) in [6.45, 7) is 7.10. The number of piperazine rings is 1. The van der Waals surface area contributed by atoms with Crippen molar-refractivity contribution in [1.29, 1.82) is 0 Å². The first-order valence-electron chi connectivity index (χ1n) is 9.40. The highest BCUT2D eigenvalue weighted by Gasteiger charge is 2.24. The van der Waals surface area contributed by atoms with Gasteiger partial charge in [-0.25, -0.2) is 4.39 Å². The van der Waals surface area contributed by atoms with Crippen LogP contribution in [-0.4, -0.2) is 80.8 Å². The number of morpholine rings is 1. The quantitative estimate of drug-likeness (QED) is 0.734. The third kappa shape index (κ3) is 5.93. The summed E-state index contributed by atoms with van der Waals surface area (Å²) in [5, 5.41) is 3.33. The fourth-order valence-electron chi connectivity index (χ4n) is 3.32. The first-order valence-corrected chi connectivity index (χ1v) is 9.40. The van der Waals surface area contributed by atoms with Crippen LogP contribution in [0.15, 0.2) is 24.3 Å². The number of nitrogens with one attached hydrogen (secondary N) is 1. The molecule has 2 aliphatic heterocycles. The molecule has 0 radical (unpaired) electrons. The Kier molecular flexibility index (Phi) is 7.22. The van der Waals surface area contributed by atoms with Crippen molar-refractivity contribution in [1.82, 2.24) is 15.1 Å². The number of hydrogen-bond donors (Lipinski definition) is 1. The Labute approximate surface area is 154 Å². The normalized spacial score (nSPS) is 21.6. The van der Waals surface area contributed by atoms with Gasteiger partial charge < -0.3 is 19.7 Å². The van der Waals surface area contributed by atoms with E-state index in [9.17, 15) is 9.18 Å². The van der Waals surface area contributed by atoms with Crippen LogP contribution in [0.3, 0.4) is 0 Å². The summed E-state index contributed by atoms with van der Waals surface area (Å²) in [6, 6.07) is 6.25. The number of benzene rings is 1. The topological polar surface area (TPSA) is 54.0 Å². The van der Waals surface area contributed by atoms with E-state index in [1.165, 1.54) is 12.1 Å². The number of hydrogen-bond acceptors (Lipinski definition) is 5. The Morgan fingerprint density at radius 2 is 2.00 bits per heavy atom. The molecule has 0 aliphatic carbocycles. The molecule has 1 amide bonds. The monoisotopic (exact) mass is 365 g/mol. The zero-order chi connectivity index (χ0) is 18.2. The Hall–Kier alpha value is -1.70. The molecule has 1 N–H and O–H groups in total. The van der Waals surface area contributed by atoms with Crippen molar-refractivity contribution in [2.24, 2.45) is 0 Å². The summed E-state index contributed by atoms with van der Waals surface area (Å²) in [4.78, 5) is 16.7. The molecule has 0 bridgehead atoms. The summed E-state index contributed by atoms with van der Waals surface area (Å²) in [7, 11) is 0. The van der Waals surface area contributed by atoms with Crippen LogP contribution in [0, 0.1) is 5.82 Å². The number of amides is 1. The van der Waals surface area contributed by atoms with Gasteiger partial charge in [0.2, 0.25) is 5.91 Å². The lowest BCUT2D eigenvalue weighted by Crippen LogP contribution is -2.51. The van der Waals surface area contributed by atoms with Crippen LogP contribution in [0.1, 0.15) is 12.8 Å². The fraction of sp³-hybridized carbons (Fsp3) is 0.632. The molecule has 0 spiro atoms. The maximum atomic E-state index is 12.8. The number of rotatable bonds is 7. The SMILES string of the molecule is O=C(CC1COCCN1)N1CCN(CCCOc2ccc(F)cc2)CC1. The molecule has 7 heteroatoms. The van der Waals surface area contributed by atoms with E-state index < -0.39 is 0 Å². The lowest BCUT2D eigenvalue weighted by Gasteiger charge is -2.35. The van der Waals surface area contributed by atoms with Crippen molar-refractivity contribution in [2.45, 2.75) is 18.9 Å². The van der Waals surface area contributed by atoms with Crippen LogP contribution in [0.2, 0.25) is 0 Å². The fourth-order valence-corrected chi connectivity index (χ4v) is 3.32. The Morgan fingerprint density at radius 1 is 1.23 bits per heavy atom. The number of carbonyl (C=O) groups is 1. The largest absolute Gasteiger partial charge is 0.494 e. The van der Waals surface area contributed by atoms with Gasteiger partial charge in [-0.2, -0.15) is 0 Å². The van der Waals surface area contributed by atoms with Gasteiger partial charge in [0.05, 0.1) is 19.8 Å². The van der Waals surface area contributed by atoms with Crippen LogP contribution in [0.4, 0.5) is 4.39 Å². The van der Waals surface area contributed by atoms with Gasteiger partial charge >= 0.3 is 0 Å². The summed E-state index contributed by atoms with van der Waals surface area (Å²) >= 11 is 0. The highest BCUT2D eigenvalue weighted by Crippen LogP contribution is 2.12. The molecule has 0 aromatic heterocycles. The summed E-state index contributed by atoms with van der Waals surface area (Å²) in [6.07, 6.45) is 1.43. The molecule has 1 aromatic rings. The Balaban J connectivity index is 1.28. The van der Waals surface area contributed by atoms with Gasteiger partial charge in [-0.1, -0.05) is 0 Å². The second kappa shape index (κ2) is 9.85. The van der Waals surface area contributed by atoms with E-state index in [0.29, 0.717) is 25.4 Å². The van der Waals surface area contributed by atoms with Crippen molar-refractivity contribution in [3.05, 3.63) is 30.1 Å². The highest BCUT2D eigenvalue weighted by molar-refractivity contribution is 5.77. The maximum absolute atomic E-state index is 12.8. The minimum atomic E-state index is -0.253. The molecule has 1 atom stereocenters. The van der Waals surface area contributed by atoms with E-state index in [1.807, 2.05) is 4.90 Å². The van der Waals surface area contributed by atoms with Crippen molar-refractivity contribution < 1.29 is 18.7 Å². The molecule has 1 aromatic carbocycles. The average molecular weight is 365 g/mol. The summed E-state index contributed by atoms with van der Waals surface area (Å²) < 4.78 is 23.9. The van der Waals surface area contributed by atoms with Gasteiger partial charge in [0.15, 0.2) is 0 Å². The van der Waals surface area contributed by atoms with Crippen LogP contribution in [0.25, 0.3) is 0 Å². The molecule has 2 heterocycles. The van der Waals surface area contributed by atoms with Crippen molar-refractivity contribution in [3.63, 3.8) is 0 Å². The van der Waals surface area contributed by atoms with Crippen LogP contribution >= 0.6 is 0 Å². The van der Waals surface area contributed by atoms with Gasteiger partial charge in [-0.15, -0.1) is 0 Å². The van der Waals surface area contributed by atoms with E-state index >= 15 is 0 Å². The minimum absolute atomic E-state index is 0.151. The standard InChI is InChI=1S/C19H28FN3O3/c20-16-2-4-18(5-3-16)26-12-1-7-22-8-10-23(11-9-22)19(24)14-17-15-25-13-6-21-17/h2-5,17,21H,1,6-15H2. The molecule has 3 rings (SSSR count). The van der Waals surface area contributed by atoms with Gasteiger partial charge in [-0.3, -0.25) is 9.69 Å². The van der Waals surface area contributed by atoms with Gasteiger partial charge in [0, 0.05) is 51.7 Å². The third-order valence-corrected chi connectivity index (χ3v) is 4.85. The number of nitrogens with zero attached hydrogens (tertiary/aromatic N) is 2. The molecular weight excluding hydrogens is 337 g/mol. The molecule has 0 saturated carbocycles. The maximum Gasteiger partial charge on any atom is 0.224 e. The average Bonchev–Trinajstić information content (AvgIpc) is 2.68. The predicted molar refractivity (Wildman–Crippen MR) is 96.8 cm³/mol. The molecule has 144 valence electrons. The van der Waals surface area contributed by atoms with Crippen molar-refractivity contribution in [3.8, 4) is 5.75 Å². The first-order chi connectivity index (χ1) is 12.7. The van der Waals surface area contributed by atoms with Crippen LogP contribution in [0.5, 0.6) is 5.75 Å². The van der Waals surface area contributed by atoms with E-state index in [1.54, 1.807) is 12.1 Å². The van der Waals surface area contributed by atoms with E-state index in [4.69, 9.17) is 9.47 Å². The molecule has 2 fully saturated rings. The third-order valence-electron chi connectivity index (χ3n) is 4.85. The Bertz CT molecular complexity index is 556. The van der Waals surface area contributed by atoms with Gasteiger partial charge in [-0.05, 0) is 30.7 Å². The molecule has 2 saturated heterocycles. The number of halogens is 1. The molecule has 26 heavy (non-hydrogen) atoms. The lowest BCUT2D eigenvalue weighted by molar-refractivity contribution is -0.134. The van der Waals surface area contributed by atoms with Crippen LogP contribution < -0.4 is 10.1 Å². The zero-order valence-corrected chi connectivity index (χ0v) is 15.2. The smallest absolute Gasteiger partial charge is 0.224 e. The predicted octanol–water partition coefficient (Wildman–Crippen LogP) is 1.12. The minimum Gasteiger partial charge on any atom is -0.494 e. The summed E-state index contributed by atoms with van der Waals surface area (Å²) in [5.74, 6) is 0.658. The number of ether oxygens (including phenoxy) is 2. The summed E-state index contributed by atoms with van der Waals surface area (Å²) in [5.41, 5.74) is 0. The second-order valence-corrected chi connectivity index (χ2v) is 6.81. The molecule has 2 aliphatic rings. The zero-order valence-electron chi connectivity index (χ0n) is 15.2. The number of carbonyl (C=O) groups excluding carboxylic acids is 1. The molecule has 6 nitrogen and oxygen atoms in total. The van der Waals surface area contributed by atoms with Gasteiger partial charge in [0.25, 0.3) is 0 Å². The van der Waals surface area contributed by atoms with E-state index in [0.717, 1.165) is 52.3 Å². The highest BCUT2D eigenvalue weighted by atomic mass is 19.1. The van der Waals surface area contributed by atoms with E-state index in [-0.39, 0.29) is 17.8 Å². The Morgan fingerprint density at radius 3 is 2.69 bits per heavy atom. The first kappa shape index (κ1) is 19.1. The second-order valence-electron chi connectivity index (χ2n) is 6.81. The van der Waals surface area contributed by atoms with Crippen molar-refractivity contribution in [2.75, 3.05) is 59.1 Å². The van der Waals surface area contributed by atoms with Crippen LogP contribution in [-0.2, 0) is 9.53 Å². The lowest BCUT2D eigenvalue weighted by atomic mass is 10.1. The van der Waals surface area contributed by atoms with Gasteiger partial charge in [0.1, 0.15) is 11.6 Å².